The SMILES string of the molecule is Cc1ccc(F)cc1N(c1ccc(C(=O)O)c(O)c1)S(=O)O. The number of carbonyl (C=O) groups is 1. The fourth-order valence-electron chi connectivity index (χ4n) is 1.94. The Labute approximate surface area is 127 Å². The van der Waals surface area contributed by atoms with Gasteiger partial charge in [-0.3, -0.25) is 4.55 Å². The molecule has 0 fully saturated rings. The van der Waals surface area contributed by atoms with Crippen LogP contribution in [0.2, 0.25) is 0 Å². The summed E-state index contributed by atoms with van der Waals surface area (Å²) in [7, 11) is 0. The van der Waals surface area contributed by atoms with Crippen LogP contribution in [0.25, 0.3) is 0 Å². The number of hydrogen-bond acceptors (Lipinski definition) is 3. The smallest absolute Gasteiger partial charge is 0.339 e. The van der Waals surface area contributed by atoms with E-state index in [2.05, 4.69) is 0 Å². The Morgan fingerprint density at radius 2 is 1.91 bits per heavy atom. The molecule has 8 heteroatoms. The first kappa shape index (κ1) is 15.9. The van der Waals surface area contributed by atoms with Crippen molar-refractivity contribution in [2.45, 2.75) is 6.92 Å². The molecule has 2 aromatic rings. The molecule has 0 bridgehead atoms. The van der Waals surface area contributed by atoms with Crippen molar-refractivity contribution in [1.82, 2.24) is 0 Å². The third kappa shape index (κ3) is 3.07. The summed E-state index contributed by atoms with van der Waals surface area (Å²) in [5.74, 6) is -2.49. The quantitative estimate of drug-likeness (QED) is 0.751. The van der Waals surface area contributed by atoms with Crippen LogP contribution < -0.4 is 4.31 Å². The minimum Gasteiger partial charge on any atom is -0.507 e. The van der Waals surface area contributed by atoms with E-state index in [1.54, 1.807) is 6.92 Å². The Morgan fingerprint density at radius 1 is 1.23 bits per heavy atom. The van der Waals surface area contributed by atoms with Crippen LogP contribution in [0.1, 0.15) is 15.9 Å². The highest BCUT2D eigenvalue weighted by Gasteiger charge is 2.20. The van der Waals surface area contributed by atoms with Gasteiger partial charge in [0.05, 0.1) is 11.4 Å². The highest BCUT2D eigenvalue weighted by atomic mass is 32.2. The van der Waals surface area contributed by atoms with Crippen LogP contribution in [0.3, 0.4) is 0 Å². The molecule has 22 heavy (non-hydrogen) atoms. The van der Waals surface area contributed by atoms with Crippen molar-refractivity contribution in [3.8, 4) is 5.75 Å². The summed E-state index contributed by atoms with van der Waals surface area (Å²) in [4.78, 5) is 10.9. The maximum absolute atomic E-state index is 13.4. The van der Waals surface area contributed by atoms with Gasteiger partial charge in [-0.05, 0) is 36.8 Å². The molecule has 0 saturated carbocycles. The predicted molar refractivity (Wildman–Crippen MR) is 79.1 cm³/mol. The van der Waals surface area contributed by atoms with Crippen molar-refractivity contribution >= 4 is 28.6 Å². The summed E-state index contributed by atoms with van der Waals surface area (Å²) in [5.41, 5.74) is 0.370. The second-order valence-electron chi connectivity index (χ2n) is 4.46. The number of rotatable bonds is 4. The summed E-state index contributed by atoms with van der Waals surface area (Å²) in [6.45, 7) is 1.63. The number of anilines is 2. The molecule has 0 saturated heterocycles. The molecule has 1 atom stereocenters. The van der Waals surface area contributed by atoms with Crippen LogP contribution in [0.4, 0.5) is 15.8 Å². The maximum atomic E-state index is 13.4. The molecule has 2 rings (SSSR count). The average molecular weight is 325 g/mol. The van der Waals surface area contributed by atoms with Crippen LogP contribution in [-0.2, 0) is 11.3 Å². The molecule has 3 N–H and O–H groups in total. The molecule has 0 aromatic heterocycles. The summed E-state index contributed by atoms with van der Waals surface area (Å²) >= 11 is -2.54. The van der Waals surface area contributed by atoms with Crippen molar-refractivity contribution in [3.63, 3.8) is 0 Å². The highest BCUT2D eigenvalue weighted by Crippen LogP contribution is 2.33. The number of aromatic hydroxyl groups is 1. The molecular formula is C14H12FNO5S. The number of aromatic carboxylic acids is 1. The van der Waals surface area contributed by atoms with Gasteiger partial charge >= 0.3 is 5.97 Å². The van der Waals surface area contributed by atoms with Crippen LogP contribution in [0, 0.1) is 12.7 Å². The second-order valence-corrected chi connectivity index (χ2v) is 5.29. The molecule has 1 unspecified atom stereocenters. The fourth-order valence-corrected chi connectivity index (χ4v) is 2.60. The van der Waals surface area contributed by atoms with Gasteiger partial charge in [-0.1, -0.05) is 6.07 Å². The van der Waals surface area contributed by atoms with Crippen LogP contribution in [-0.4, -0.2) is 24.9 Å². The van der Waals surface area contributed by atoms with Gasteiger partial charge in [0.1, 0.15) is 17.1 Å². The third-order valence-corrected chi connectivity index (χ3v) is 3.71. The largest absolute Gasteiger partial charge is 0.507 e. The van der Waals surface area contributed by atoms with E-state index < -0.39 is 28.8 Å². The minimum atomic E-state index is -2.54. The van der Waals surface area contributed by atoms with E-state index in [4.69, 9.17) is 5.11 Å². The highest BCUT2D eigenvalue weighted by molar-refractivity contribution is 7.81. The van der Waals surface area contributed by atoms with Gasteiger partial charge in [-0.15, -0.1) is 0 Å². The van der Waals surface area contributed by atoms with E-state index in [-0.39, 0.29) is 16.9 Å². The van der Waals surface area contributed by atoms with Gasteiger partial charge in [0, 0.05) is 6.07 Å². The van der Waals surface area contributed by atoms with E-state index in [1.165, 1.54) is 18.2 Å². The Hall–Kier alpha value is -2.45. The molecule has 0 aliphatic heterocycles. The van der Waals surface area contributed by atoms with Crippen molar-refractivity contribution in [3.05, 3.63) is 53.3 Å². The maximum Gasteiger partial charge on any atom is 0.339 e. The van der Waals surface area contributed by atoms with Gasteiger partial charge in [-0.25, -0.2) is 17.7 Å². The summed E-state index contributed by atoms with van der Waals surface area (Å²) in [6, 6.07) is 7.11. The first-order chi connectivity index (χ1) is 10.3. The van der Waals surface area contributed by atoms with E-state index >= 15 is 0 Å². The molecule has 6 nitrogen and oxygen atoms in total. The Balaban J connectivity index is 2.58. The molecule has 0 heterocycles. The van der Waals surface area contributed by atoms with E-state index in [0.717, 1.165) is 22.5 Å². The fraction of sp³-hybridized carbons (Fsp3) is 0.0714. The van der Waals surface area contributed by atoms with E-state index in [9.17, 15) is 23.1 Å². The minimum absolute atomic E-state index is 0.0528. The third-order valence-electron chi connectivity index (χ3n) is 2.99. The molecule has 116 valence electrons. The molecule has 0 spiro atoms. The predicted octanol–water partition coefficient (Wildman–Crippen LogP) is 2.81. The molecule has 2 aromatic carbocycles. The lowest BCUT2D eigenvalue weighted by molar-refractivity contribution is 0.0694. The monoisotopic (exact) mass is 325 g/mol. The summed E-state index contributed by atoms with van der Waals surface area (Å²) in [5, 5.41) is 18.6. The molecule has 0 aliphatic carbocycles. The normalized spacial score (nSPS) is 12.0. The van der Waals surface area contributed by atoms with Gasteiger partial charge in [0.2, 0.25) is 0 Å². The van der Waals surface area contributed by atoms with Gasteiger partial charge in [0.25, 0.3) is 11.3 Å². The summed E-state index contributed by atoms with van der Waals surface area (Å²) in [6.07, 6.45) is 0. The first-order valence-corrected chi connectivity index (χ1v) is 7.11. The lowest BCUT2D eigenvalue weighted by Crippen LogP contribution is -2.20. The molecule has 0 radical (unpaired) electrons. The molecular weight excluding hydrogens is 313 g/mol. The zero-order chi connectivity index (χ0) is 16.4. The lowest BCUT2D eigenvalue weighted by Gasteiger charge is -2.22. The van der Waals surface area contributed by atoms with Crippen molar-refractivity contribution in [2.24, 2.45) is 0 Å². The van der Waals surface area contributed by atoms with Gasteiger partial charge in [0.15, 0.2) is 0 Å². The van der Waals surface area contributed by atoms with Crippen LogP contribution in [0.5, 0.6) is 5.75 Å². The Morgan fingerprint density at radius 3 is 2.45 bits per heavy atom. The van der Waals surface area contributed by atoms with Gasteiger partial charge in [-0.2, -0.15) is 0 Å². The standard InChI is InChI=1S/C14H12FNO5S/c1-8-2-3-9(15)6-12(8)16(22(20)21)10-4-5-11(14(18)19)13(17)7-10/h2-7,17H,1H3,(H,18,19)(H,20,21). The molecule has 0 amide bonds. The molecule has 0 aliphatic rings. The first-order valence-electron chi connectivity index (χ1n) is 6.05. The number of carboxylic acid groups (broad SMARTS) is 1. The van der Waals surface area contributed by atoms with Crippen molar-refractivity contribution < 1.29 is 28.2 Å². The number of nitrogens with zero attached hydrogens (tertiary/aromatic N) is 1. The summed E-state index contributed by atoms with van der Waals surface area (Å²) < 4.78 is 35.4. The number of hydrogen-bond donors (Lipinski definition) is 3. The van der Waals surface area contributed by atoms with E-state index in [1.807, 2.05) is 0 Å². The number of phenols is 1. The number of aryl methyl sites for hydroxylation is 1. The van der Waals surface area contributed by atoms with Crippen LogP contribution >= 0.6 is 0 Å². The number of halogens is 1. The van der Waals surface area contributed by atoms with Crippen LogP contribution in [0.15, 0.2) is 36.4 Å². The number of carboxylic acids is 1. The van der Waals surface area contributed by atoms with Gasteiger partial charge < -0.3 is 10.2 Å². The Kier molecular flexibility index (Phi) is 4.43. The topological polar surface area (TPSA) is 98.1 Å². The lowest BCUT2D eigenvalue weighted by atomic mass is 10.1. The second kappa shape index (κ2) is 6.12. The zero-order valence-electron chi connectivity index (χ0n) is 11.4. The zero-order valence-corrected chi connectivity index (χ0v) is 12.2. The van der Waals surface area contributed by atoms with Crippen molar-refractivity contribution in [1.29, 1.82) is 0 Å². The van der Waals surface area contributed by atoms with E-state index in [0.29, 0.717) is 5.56 Å². The Bertz CT molecular complexity index is 765. The van der Waals surface area contributed by atoms with Crippen molar-refractivity contribution in [2.75, 3.05) is 4.31 Å². The average Bonchev–Trinajstić information content (AvgIpc) is 2.42. The number of benzene rings is 2.